The molecule has 0 fully saturated rings. The number of rotatable bonds is 1. The number of phenolic OH excluding ortho intramolecular Hbond substituents is 1. The van der Waals surface area contributed by atoms with E-state index in [1.54, 1.807) is 29.1 Å². The van der Waals surface area contributed by atoms with Crippen LogP contribution < -0.4 is 0 Å². The van der Waals surface area contributed by atoms with Crippen LogP contribution in [0, 0.1) is 6.92 Å². The van der Waals surface area contributed by atoms with E-state index in [1.165, 1.54) is 0 Å². The summed E-state index contributed by atoms with van der Waals surface area (Å²) in [7, 11) is 0. The maximum atomic E-state index is 9.59. The van der Waals surface area contributed by atoms with Crippen LogP contribution >= 0.6 is 11.6 Å². The summed E-state index contributed by atoms with van der Waals surface area (Å²) >= 11 is 5.87. The van der Waals surface area contributed by atoms with Crippen LogP contribution in [-0.2, 0) is 0 Å². The third-order valence-electron chi connectivity index (χ3n) is 2.06. The maximum absolute atomic E-state index is 9.59. The first-order valence-electron chi connectivity index (χ1n) is 4.18. The van der Waals surface area contributed by atoms with Gasteiger partial charge in [0.2, 0.25) is 0 Å². The minimum Gasteiger partial charge on any atom is -0.506 e. The van der Waals surface area contributed by atoms with Crippen molar-refractivity contribution in [3.05, 3.63) is 41.2 Å². The fraction of sp³-hybridized carbons (Fsp3) is 0.100. The molecular formula is C10H9ClN2O. The van der Waals surface area contributed by atoms with Gasteiger partial charge < -0.3 is 5.11 Å². The normalized spacial score (nSPS) is 10.4. The molecule has 0 saturated carbocycles. The number of para-hydroxylation sites is 2. The molecule has 1 aromatic carbocycles. The van der Waals surface area contributed by atoms with Crippen LogP contribution in [0.5, 0.6) is 5.75 Å². The van der Waals surface area contributed by atoms with Gasteiger partial charge in [-0.2, -0.15) is 5.10 Å². The van der Waals surface area contributed by atoms with E-state index in [2.05, 4.69) is 5.10 Å². The third kappa shape index (κ3) is 1.36. The Kier molecular flexibility index (Phi) is 2.17. The van der Waals surface area contributed by atoms with Crippen molar-refractivity contribution < 1.29 is 5.11 Å². The van der Waals surface area contributed by atoms with E-state index in [4.69, 9.17) is 11.6 Å². The Morgan fingerprint density at radius 1 is 1.36 bits per heavy atom. The van der Waals surface area contributed by atoms with E-state index in [-0.39, 0.29) is 5.75 Å². The minimum atomic E-state index is 0.190. The highest BCUT2D eigenvalue weighted by molar-refractivity contribution is 6.31. The van der Waals surface area contributed by atoms with Gasteiger partial charge in [-0.1, -0.05) is 23.7 Å². The molecule has 72 valence electrons. The van der Waals surface area contributed by atoms with Crippen LogP contribution in [0.3, 0.4) is 0 Å². The molecule has 0 amide bonds. The monoisotopic (exact) mass is 208 g/mol. The van der Waals surface area contributed by atoms with Crippen molar-refractivity contribution in [3.63, 3.8) is 0 Å². The Morgan fingerprint density at radius 2 is 2.07 bits per heavy atom. The van der Waals surface area contributed by atoms with E-state index >= 15 is 0 Å². The van der Waals surface area contributed by atoms with Gasteiger partial charge in [0, 0.05) is 0 Å². The van der Waals surface area contributed by atoms with E-state index in [1.807, 2.05) is 13.0 Å². The van der Waals surface area contributed by atoms with Gasteiger partial charge in [0.25, 0.3) is 0 Å². The summed E-state index contributed by atoms with van der Waals surface area (Å²) in [5, 5.41) is 14.3. The molecule has 2 aromatic rings. The molecule has 2 rings (SSSR count). The molecule has 0 spiro atoms. The smallest absolute Gasteiger partial charge is 0.141 e. The first kappa shape index (κ1) is 9.09. The lowest BCUT2D eigenvalue weighted by Gasteiger charge is -2.05. The molecular weight excluding hydrogens is 200 g/mol. The Hall–Kier alpha value is -1.48. The molecule has 0 saturated heterocycles. The maximum Gasteiger partial charge on any atom is 0.141 e. The van der Waals surface area contributed by atoms with Crippen molar-refractivity contribution in [2.75, 3.05) is 0 Å². The molecule has 3 nitrogen and oxygen atoms in total. The van der Waals surface area contributed by atoms with Gasteiger partial charge in [0.15, 0.2) is 0 Å². The lowest BCUT2D eigenvalue weighted by molar-refractivity contribution is 0.470. The molecule has 0 aliphatic heterocycles. The molecule has 0 bridgehead atoms. The number of aromatic hydroxyl groups is 1. The standard InChI is InChI=1S/C10H9ClN2O/c1-7-8(11)6-12-13(7)9-4-2-3-5-10(9)14/h2-6,14H,1H3. The predicted octanol–water partition coefficient (Wildman–Crippen LogP) is 2.54. The Bertz CT molecular complexity index is 465. The van der Waals surface area contributed by atoms with Crippen LogP contribution in [0.1, 0.15) is 5.69 Å². The topological polar surface area (TPSA) is 38.0 Å². The van der Waals surface area contributed by atoms with Gasteiger partial charge in [-0.05, 0) is 19.1 Å². The van der Waals surface area contributed by atoms with Gasteiger partial charge >= 0.3 is 0 Å². The van der Waals surface area contributed by atoms with Gasteiger partial charge in [-0.25, -0.2) is 4.68 Å². The molecule has 14 heavy (non-hydrogen) atoms. The average molecular weight is 209 g/mol. The highest BCUT2D eigenvalue weighted by Gasteiger charge is 2.08. The number of hydrogen-bond donors (Lipinski definition) is 1. The molecule has 1 aromatic heterocycles. The summed E-state index contributed by atoms with van der Waals surface area (Å²) in [6, 6.07) is 7.00. The van der Waals surface area contributed by atoms with Gasteiger partial charge in [0.1, 0.15) is 11.4 Å². The highest BCUT2D eigenvalue weighted by atomic mass is 35.5. The second kappa shape index (κ2) is 3.35. The summed E-state index contributed by atoms with van der Waals surface area (Å²) in [4.78, 5) is 0. The van der Waals surface area contributed by atoms with Crippen molar-refractivity contribution in [2.24, 2.45) is 0 Å². The Balaban J connectivity index is 2.60. The quantitative estimate of drug-likeness (QED) is 0.782. The molecule has 0 atom stereocenters. The first-order chi connectivity index (χ1) is 6.70. The van der Waals surface area contributed by atoms with Crippen molar-refractivity contribution in [2.45, 2.75) is 6.92 Å². The molecule has 0 radical (unpaired) electrons. The SMILES string of the molecule is Cc1c(Cl)cnn1-c1ccccc1O. The van der Waals surface area contributed by atoms with Crippen LogP contribution in [-0.4, -0.2) is 14.9 Å². The van der Waals surface area contributed by atoms with Crippen molar-refractivity contribution in [3.8, 4) is 11.4 Å². The van der Waals surface area contributed by atoms with Gasteiger partial charge in [0.05, 0.1) is 16.9 Å². The van der Waals surface area contributed by atoms with Crippen LogP contribution in [0.15, 0.2) is 30.5 Å². The van der Waals surface area contributed by atoms with Crippen LogP contribution in [0.25, 0.3) is 5.69 Å². The minimum absolute atomic E-state index is 0.190. The summed E-state index contributed by atoms with van der Waals surface area (Å²) in [6.45, 7) is 1.85. The first-order valence-corrected chi connectivity index (χ1v) is 4.56. The summed E-state index contributed by atoms with van der Waals surface area (Å²) < 4.78 is 1.61. The lowest BCUT2D eigenvalue weighted by Crippen LogP contribution is -1.98. The van der Waals surface area contributed by atoms with E-state index in [9.17, 15) is 5.11 Å². The zero-order valence-corrected chi connectivity index (χ0v) is 8.36. The fourth-order valence-electron chi connectivity index (χ4n) is 1.28. The number of aromatic nitrogens is 2. The van der Waals surface area contributed by atoms with Crippen LogP contribution in [0.4, 0.5) is 0 Å². The summed E-state index contributed by atoms with van der Waals surface area (Å²) in [5.41, 5.74) is 1.45. The molecule has 0 aliphatic carbocycles. The average Bonchev–Trinajstić information content (AvgIpc) is 2.49. The molecule has 4 heteroatoms. The highest BCUT2D eigenvalue weighted by Crippen LogP contribution is 2.24. The zero-order chi connectivity index (χ0) is 10.1. The molecule has 1 heterocycles. The second-order valence-electron chi connectivity index (χ2n) is 2.98. The molecule has 0 aliphatic rings. The number of phenols is 1. The van der Waals surface area contributed by atoms with Crippen molar-refractivity contribution in [1.29, 1.82) is 0 Å². The number of benzene rings is 1. The molecule has 1 N–H and O–H groups in total. The number of nitrogens with zero attached hydrogens (tertiary/aromatic N) is 2. The summed E-state index contributed by atoms with van der Waals surface area (Å²) in [6.07, 6.45) is 1.56. The third-order valence-corrected chi connectivity index (χ3v) is 2.43. The van der Waals surface area contributed by atoms with E-state index < -0.39 is 0 Å². The summed E-state index contributed by atoms with van der Waals surface area (Å²) in [5.74, 6) is 0.190. The predicted molar refractivity (Wildman–Crippen MR) is 55.0 cm³/mol. The molecule has 0 unspecified atom stereocenters. The number of halogens is 1. The Labute approximate surface area is 86.6 Å². The van der Waals surface area contributed by atoms with Crippen molar-refractivity contribution >= 4 is 11.6 Å². The zero-order valence-electron chi connectivity index (χ0n) is 7.61. The fourth-order valence-corrected chi connectivity index (χ4v) is 1.40. The largest absolute Gasteiger partial charge is 0.506 e. The van der Waals surface area contributed by atoms with Crippen molar-refractivity contribution in [1.82, 2.24) is 9.78 Å². The van der Waals surface area contributed by atoms with E-state index in [0.717, 1.165) is 5.69 Å². The van der Waals surface area contributed by atoms with Gasteiger partial charge in [-0.15, -0.1) is 0 Å². The van der Waals surface area contributed by atoms with Gasteiger partial charge in [-0.3, -0.25) is 0 Å². The Morgan fingerprint density at radius 3 is 2.64 bits per heavy atom. The van der Waals surface area contributed by atoms with E-state index in [0.29, 0.717) is 10.7 Å². The van der Waals surface area contributed by atoms with Crippen LogP contribution in [0.2, 0.25) is 5.02 Å². The number of hydrogen-bond acceptors (Lipinski definition) is 2. The second-order valence-corrected chi connectivity index (χ2v) is 3.39. The lowest BCUT2D eigenvalue weighted by atomic mass is 10.3.